The monoisotopic (exact) mass is 438 g/mol. The molecule has 1 fully saturated rings. The SMILES string of the molecule is C#CN(Cc1ccccc1)c1ccc2cccc(CCCNC(=O)CC3CCCCC3)c2c1. The van der Waals surface area contributed by atoms with Crippen molar-refractivity contribution in [2.24, 2.45) is 5.92 Å². The summed E-state index contributed by atoms with van der Waals surface area (Å²) in [6, 6.07) is 26.0. The third-order valence-corrected chi connectivity index (χ3v) is 6.75. The van der Waals surface area contributed by atoms with Crippen molar-refractivity contribution in [3.05, 3.63) is 77.9 Å². The van der Waals surface area contributed by atoms with Crippen LogP contribution in [-0.4, -0.2) is 12.5 Å². The van der Waals surface area contributed by atoms with Gasteiger partial charge in [-0.1, -0.05) is 80.3 Å². The molecule has 0 saturated heterocycles. The number of rotatable bonds is 9. The van der Waals surface area contributed by atoms with E-state index < -0.39 is 0 Å². The first-order chi connectivity index (χ1) is 16.2. The van der Waals surface area contributed by atoms with Gasteiger partial charge in [-0.3, -0.25) is 9.69 Å². The number of amides is 1. The topological polar surface area (TPSA) is 32.3 Å². The van der Waals surface area contributed by atoms with E-state index in [4.69, 9.17) is 6.42 Å². The van der Waals surface area contributed by atoms with Crippen molar-refractivity contribution in [2.75, 3.05) is 11.4 Å². The fourth-order valence-corrected chi connectivity index (χ4v) is 4.92. The standard InChI is InChI=1S/C30H34N2O/c1-2-32(23-25-13-7-4-8-14-25)28-19-18-27-16-9-15-26(29(27)22-28)17-10-20-31-30(33)21-24-11-5-3-6-12-24/h1,4,7-9,13-16,18-19,22,24H,3,5-6,10-12,17,20-21,23H2,(H,31,33). The number of carbonyl (C=O) groups excluding carboxylic acids is 1. The highest BCUT2D eigenvalue weighted by molar-refractivity contribution is 5.89. The Hall–Kier alpha value is -3.25. The second-order valence-corrected chi connectivity index (χ2v) is 9.19. The number of anilines is 1. The van der Waals surface area contributed by atoms with Crippen LogP contribution in [0.2, 0.25) is 0 Å². The second-order valence-electron chi connectivity index (χ2n) is 9.19. The quantitative estimate of drug-likeness (QED) is 0.236. The minimum Gasteiger partial charge on any atom is -0.356 e. The molecule has 170 valence electrons. The molecule has 0 unspecified atom stereocenters. The van der Waals surface area contributed by atoms with Crippen LogP contribution >= 0.6 is 0 Å². The predicted molar refractivity (Wildman–Crippen MR) is 138 cm³/mol. The average molecular weight is 439 g/mol. The van der Waals surface area contributed by atoms with Gasteiger partial charge in [-0.05, 0) is 65.6 Å². The maximum absolute atomic E-state index is 12.3. The Kier molecular flexibility index (Phi) is 8.04. The summed E-state index contributed by atoms with van der Waals surface area (Å²) >= 11 is 0. The van der Waals surface area contributed by atoms with E-state index in [-0.39, 0.29) is 5.91 Å². The lowest BCUT2D eigenvalue weighted by molar-refractivity contribution is -0.122. The summed E-state index contributed by atoms with van der Waals surface area (Å²) in [6.45, 7) is 1.41. The van der Waals surface area contributed by atoms with E-state index in [1.54, 1.807) is 0 Å². The van der Waals surface area contributed by atoms with E-state index >= 15 is 0 Å². The zero-order valence-electron chi connectivity index (χ0n) is 19.4. The fraction of sp³-hybridized carbons (Fsp3) is 0.367. The maximum Gasteiger partial charge on any atom is 0.220 e. The van der Waals surface area contributed by atoms with Crippen LogP contribution in [-0.2, 0) is 17.8 Å². The number of hydrogen-bond donors (Lipinski definition) is 1. The largest absolute Gasteiger partial charge is 0.356 e. The normalized spacial score (nSPS) is 14.0. The lowest BCUT2D eigenvalue weighted by Crippen LogP contribution is -2.27. The van der Waals surface area contributed by atoms with Gasteiger partial charge in [0, 0.05) is 24.7 Å². The molecule has 3 nitrogen and oxygen atoms in total. The second kappa shape index (κ2) is 11.6. The van der Waals surface area contributed by atoms with Crippen molar-refractivity contribution in [1.29, 1.82) is 0 Å². The van der Waals surface area contributed by atoms with E-state index in [9.17, 15) is 4.79 Å². The van der Waals surface area contributed by atoms with Crippen LogP contribution in [0.5, 0.6) is 0 Å². The van der Waals surface area contributed by atoms with Crippen LogP contribution in [0, 0.1) is 18.4 Å². The third kappa shape index (κ3) is 6.39. The van der Waals surface area contributed by atoms with Gasteiger partial charge in [-0.15, -0.1) is 0 Å². The van der Waals surface area contributed by atoms with E-state index in [0.717, 1.165) is 25.1 Å². The van der Waals surface area contributed by atoms with Gasteiger partial charge in [-0.25, -0.2) is 0 Å². The van der Waals surface area contributed by atoms with Crippen molar-refractivity contribution in [3.8, 4) is 12.5 Å². The van der Waals surface area contributed by atoms with Crippen molar-refractivity contribution in [3.63, 3.8) is 0 Å². The van der Waals surface area contributed by atoms with Gasteiger partial charge in [0.15, 0.2) is 0 Å². The van der Waals surface area contributed by atoms with Gasteiger partial charge >= 0.3 is 0 Å². The molecule has 3 aromatic carbocycles. The van der Waals surface area contributed by atoms with Crippen LogP contribution < -0.4 is 10.2 Å². The van der Waals surface area contributed by atoms with Crippen LogP contribution in [0.1, 0.15) is 56.1 Å². The lowest BCUT2D eigenvalue weighted by Gasteiger charge is -2.20. The van der Waals surface area contributed by atoms with Crippen molar-refractivity contribution < 1.29 is 4.79 Å². The number of hydrogen-bond acceptors (Lipinski definition) is 2. The highest BCUT2D eigenvalue weighted by atomic mass is 16.1. The number of terminal acetylenes is 1. The van der Waals surface area contributed by atoms with Gasteiger partial charge in [-0.2, -0.15) is 0 Å². The smallest absolute Gasteiger partial charge is 0.220 e. The van der Waals surface area contributed by atoms with Crippen LogP contribution in [0.4, 0.5) is 5.69 Å². The lowest BCUT2D eigenvalue weighted by atomic mass is 9.87. The summed E-state index contributed by atoms with van der Waals surface area (Å²) in [6.07, 6.45) is 14.7. The molecule has 4 rings (SSSR count). The molecule has 0 radical (unpaired) electrons. The van der Waals surface area contributed by atoms with Crippen LogP contribution in [0.15, 0.2) is 66.7 Å². The molecule has 1 aliphatic carbocycles. The molecule has 3 aromatic rings. The zero-order chi connectivity index (χ0) is 22.9. The highest BCUT2D eigenvalue weighted by Crippen LogP contribution is 2.27. The molecule has 1 N–H and O–H groups in total. The molecular weight excluding hydrogens is 404 g/mol. The number of nitrogens with zero attached hydrogens (tertiary/aromatic N) is 1. The van der Waals surface area contributed by atoms with Crippen molar-refractivity contribution in [1.82, 2.24) is 5.32 Å². The summed E-state index contributed by atoms with van der Waals surface area (Å²) in [7, 11) is 0. The van der Waals surface area contributed by atoms with Gasteiger partial charge in [0.1, 0.15) is 0 Å². The first kappa shape index (κ1) is 22.9. The molecular formula is C30H34N2O. The molecule has 1 saturated carbocycles. The number of fused-ring (bicyclic) bond motifs is 1. The fourth-order valence-electron chi connectivity index (χ4n) is 4.92. The molecule has 0 spiro atoms. The first-order valence-electron chi connectivity index (χ1n) is 12.3. The average Bonchev–Trinajstić information content (AvgIpc) is 2.86. The van der Waals surface area contributed by atoms with Gasteiger partial charge < -0.3 is 5.32 Å². The number of benzene rings is 3. The molecule has 1 aliphatic rings. The zero-order valence-corrected chi connectivity index (χ0v) is 19.4. The van der Waals surface area contributed by atoms with E-state index in [1.807, 2.05) is 23.1 Å². The molecule has 0 bridgehead atoms. The molecule has 0 atom stereocenters. The maximum atomic E-state index is 12.3. The Bertz CT molecular complexity index is 1090. The Balaban J connectivity index is 1.37. The molecule has 3 heteroatoms. The predicted octanol–water partition coefficient (Wildman–Crippen LogP) is 6.46. The minimum atomic E-state index is 0.215. The molecule has 0 aromatic heterocycles. The highest BCUT2D eigenvalue weighted by Gasteiger charge is 2.16. The van der Waals surface area contributed by atoms with Crippen molar-refractivity contribution in [2.45, 2.75) is 57.9 Å². The summed E-state index contributed by atoms with van der Waals surface area (Å²) in [5.74, 6) is 0.804. The summed E-state index contributed by atoms with van der Waals surface area (Å²) in [5.41, 5.74) is 3.52. The van der Waals surface area contributed by atoms with E-state index in [0.29, 0.717) is 18.9 Å². The number of carbonyl (C=O) groups is 1. The van der Waals surface area contributed by atoms with Crippen LogP contribution in [0.25, 0.3) is 10.8 Å². The van der Waals surface area contributed by atoms with Crippen LogP contribution in [0.3, 0.4) is 0 Å². The van der Waals surface area contributed by atoms with Crippen molar-refractivity contribution >= 4 is 22.4 Å². The van der Waals surface area contributed by atoms with Gasteiger partial charge in [0.2, 0.25) is 5.91 Å². The van der Waals surface area contributed by atoms with Gasteiger partial charge in [0.05, 0.1) is 6.54 Å². The summed E-state index contributed by atoms with van der Waals surface area (Å²) in [5, 5.41) is 5.59. The Morgan fingerprint density at radius 1 is 1.00 bits per heavy atom. The minimum absolute atomic E-state index is 0.215. The number of nitrogens with one attached hydrogen (secondary N) is 1. The Morgan fingerprint density at radius 2 is 1.82 bits per heavy atom. The summed E-state index contributed by atoms with van der Waals surface area (Å²) < 4.78 is 0. The molecule has 1 amide bonds. The van der Waals surface area contributed by atoms with E-state index in [1.165, 1.54) is 54.0 Å². The third-order valence-electron chi connectivity index (χ3n) is 6.75. The molecule has 33 heavy (non-hydrogen) atoms. The van der Waals surface area contributed by atoms with E-state index in [2.05, 4.69) is 59.9 Å². The molecule has 0 aliphatic heterocycles. The molecule has 0 heterocycles. The number of aryl methyl sites for hydroxylation is 1. The van der Waals surface area contributed by atoms with Gasteiger partial charge in [0.25, 0.3) is 0 Å². The summed E-state index contributed by atoms with van der Waals surface area (Å²) in [4.78, 5) is 14.3. The Labute approximate surface area is 198 Å². The first-order valence-corrected chi connectivity index (χ1v) is 12.3. The Morgan fingerprint density at radius 3 is 2.61 bits per heavy atom.